The van der Waals surface area contributed by atoms with Gasteiger partial charge in [-0.3, -0.25) is 4.79 Å². The number of halogens is 1. The van der Waals surface area contributed by atoms with Crippen molar-refractivity contribution >= 4 is 23.3 Å². The van der Waals surface area contributed by atoms with Crippen molar-refractivity contribution in [3.05, 3.63) is 22.8 Å². The minimum absolute atomic E-state index is 0.0944. The van der Waals surface area contributed by atoms with E-state index in [1.165, 1.54) is 0 Å². The van der Waals surface area contributed by atoms with Gasteiger partial charge in [0.15, 0.2) is 0 Å². The molecule has 1 saturated heterocycles. The van der Waals surface area contributed by atoms with Gasteiger partial charge in [-0.25, -0.2) is 4.98 Å². The maximum Gasteiger partial charge on any atom is 0.251 e. The lowest BCUT2D eigenvalue weighted by Crippen LogP contribution is -2.30. The predicted octanol–water partition coefficient (Wildman–Crippen LogP) is 1.85. The van der Waals surface area contributed by atoms with Gasteiger partial charge in [0.25, 0.3) is 5.91 Å². The van der Waals surface area contributed by atoms with E-state index >= 15 is 0 Å². The summed E-state index contributed by atoms with van der Waals surface area (Å²) >= 11 is 5.94. The molecule has 110 valence electrons. The number of hydrogen-bond acceptors (Lipinski definition) is 4. The normalized spacial score (nSPS) is 19.1. The van der Waals surface area contributed by atoms with Crippen molar-refractivity contribution in [2.45, 2.75) is 13.3 Å². The van der Waals surface area contributed by atoms with Crippen LogP contribution in [-0.4, -0.2) is 49.0 Å². The van der Waals surface area contributed by atoms with E-state index in [0.29, 0.717) is 29.0 Å². The molecule has 0 aliphatic carbocycles. The highest BCUT2D eigenvalue weighted by Gasteiger charge is 2.20. The van der Waals surface area contributed by atoms with Crippen LogP contribution in [-0.2, 0) is 0 Å². The molecule has 2 rings (SSSR count). The molecule has 5 nitrogen and oxygen atoms in total. The van der Waals surface area contributed by atoms with Crippen molar-refractivity contribution in [1.82, 2.24) is 15.2 Å². The highest BCUT2D eigenvalue weighted by atomic mass is 35.5. The third kappa shape index (κ3) is 4.08. The van der Waals surface area contributed by atoms with E-state index in [2.05, 4.69) is 27.6 Å². The second-order valence-electron chi connectivity index (χ2n) is 5.22. The molecule has 0 bridgehead atoms. The Labute approximate surface area is 124 Å². The van der Waals surface area contributed by atoms with Crippen LogP contribution in [0.4, 0.5) is 5.82 Å². The van der Waals surface area contributed by atoms with Gasteiger partial charge in [-0.1, -0.05) is 11.6 Å². The Bertz CT molecular complexity index is 480. The van der Waals surface area contributed by atoms with Gasteiger partial charge in [0.2, 0.25) is 0 Å². The molecule has 0 aromatic carbocycles. The summed E-state index contributed by atoms with van der Waals surface area (Å²) in [6.45, 7) is 5.56. The Morgan fingerprint density at radius 1 is 1.55 bits per heavy atom. The van der Waals surface area contributed by atoms with Gasteiger partial charge >= 0.3 is 0 Å². The number of carbonyl (C=O) groups excluding carboxylic acids is 1. The Hall–Kier alpha value is -1.33. The fourth-order valence-corrected chi connectivity index (χ4v) is 2.64. The van der Waals surface area contributed by atoms with E-state index in [1.807, 2.05) is 6.92 Å². The number of hydrogen-bond donors (Lipinski definition) is 2. The van der Waals surface area contributed by atoms with Crippen molar-refractivity contribution in [2.75, 3.05) is 38.5 Å². The Morgan fingerprint density at radius 2 is 2.35 bits per heavy atom. The van der Waals surface area contributed by atoms with Crippen molar-refractivity contribution in [3.63, 3.8) is 0 Å². The number of aromatic nitrogens is 1. The first-order valence-corrected chi connectivity index (χ1v) is 7.34. The van der Waals surface area contributed by atoms with Crippen LogP contribution in [0.5, 0.6) is 0 Å². The van der Waals surface area contributed by atoms with Crippen LogP contribution < -0.4 is 10.6 Å². The van der Waals surface area contributed by atoms with Crippen LogP contribution in [0.2, 0.25) is 5.15 Å². The highest BCUT2D eigenvalue weighted by molar-refractivity contribution is 6.29. The summed E-state index contributed by atoms with van der Waals surface area (Å²) in [6.07, 6.45) is 1.14. The minimum Gasteiger partial charge on any atom is -0.370 e. The van der Waals surface area contributed by atoms with Crippen molar-refractivity contribution < 1.29 is 4.79 Å². The molecule has 0 saturated carbocycles. The number of nitrogens with zero attached hydrogens (tertiary/aromatic N) is 2. The van der Waals surface area contributed by atoms with Gasteiger partial charge in [-0.2, -0.15) is 0 Å². The first-order chi connectivity index (χ1) is 9.58. The fourth-order valence-electron chi connectivity index (χ4n) is 2.43. The Morgan fingerprint density at radius 3 is 3.00 bits per heavy atom. The Balaban J connectivity index is 1.94. The predicted molar refractivity (Wildman–Crippen MR) is 81.3 cm³/mol. The zero-order valence-electron chi connectivity index (χ0n) is 11.9. The summed E-state index contributed by atoms with van der Waals surface area (Å²) in [5.41, 5.74) is 0.548. The molecule has 2 N–H and O–H groups in total. The summed E-state index contributed by atoms with van der Waals surface area (Å²) < 4.78 is 0. The molecule has 1 amide bonds. The molecule has 2 heterocycles. The van der Waals surface area contributed by atoms with E-state index in [0.717, 1.165) is 26.1 Å². The van der Waals surface area contributed by atoms with Crippen molar-refractivity contribution in [3.8, 4) is 0 Å². The first-order valence-electron chi connectivity index (χ1n) is 6.96. The minimum atomic E-state index is -0.0944. The summed E-state index contributed by atoms with van der Waals surface area (Å²) in [6, 6.07) is 3.32. The average Bonchev–Trinajstić information content (AvgIpc) is 2.81. The third-order valence-electron chi connectivity index (χ3n) is 3.45. The lowest BCUT2D eigenvalue weighted by Gasteiger charge is -2.12. The molecular formula is C14H21ClN4O. The molecular weight excluding hydrogens is 276 g/mol. The molecule has 1 unspecified atom stereocenters. The van der Waals surface area contributed by atoms with Gasteiger partial charge in [0.1, 0.15) is 11.0 Å². The topological polar surface area (TPSA) is 57.3 Å². The number of pyridine rings is 1. The van der Waals surface area contributed by atoms with E-state index in [4.69, 9.17) is 11.6 Å². The van der Waals surface area contributed by atoms with Crippen LogP contribution in [0.25, 0.3) is 0 Å². The zero-order valence-corrected chi connectivity index (χ0v) is 12.7. The molecule has 1 atom stereocenters. The number of anilines is 1. The summed E-state index contributed by atoms with van der Waals surface area (Å²) in [5.74, 6) is 1.07. The van der Waals surface area contributed by atoms with Crippen molar-refractivity contribution in [1.29, 1.82) is 0 Å². The maximum atomic E-state index is 12.2. The quantitative estimate of drug-likeness (QED) is 0.814. The molecule has 1 aliphatic heterocycles. The van der Waals surface area contributed by atoms with E-state index in [-0.39, 0.29) is 5.91 Å². The maximum absolute atomic E-state index is 12.2. The summed E-state index contributed by atoms with van der Waals surface area (Å²) in [4.78, 5) is 18.6. The Kier molecular flexibility index (Phi) is 5.20. The first kappa shape index (κ1) is 15.1. The number of nitrogens with one attached hydrogen (secondary N) is 2. The van der Waals surface area contributed by atoms with Gasteiger partial charge < -0.3 is 15.5 Å². The lowest BCUT2D eigenvalue weighted by molar-refractivity contribution is 0.0947. The second-order valence-corrected chi connectivity index (χ2v) is 5.61. The van der Waals surface area contributed by atoms with E-state index < -0.39 is 0 Å². The monoisotopic (exact) mass is 296 g/mol. The van der Waals surface area contributed by atoms with Gasteiger partial charge in [0.05, 0.1) is 0 Å². The van der Waals surface area contributed by atoms with Gasteiger partial charge in [-0.15, -0.1) is 0 Å². The average molecular weight is 297 g/mol. The largest absolute Gasteiger partial charge is 0.370 e. The van der Waals surface area contributed by atoms with Crippen LogP contribution in [0.15, 0.2) is 12.1 Å². The molecule has 0 radical (unpaired) electrons. The molecule has 20 heavy (non-hydrogen) atoms. The fraction of sp³-hybridized carbons (Fsp3) is 0.571. The van der Waals surface area contributed by atoms with E-state index in [9.17, 15) is 4.79 Å². The number of likely N-dealkylation sites (tertiary alicyclic amines) is 1. The van der Waals surface area contributed by atoms with Gasteiger partial charge in [-0.05, 0) is 45.0 Å². The standard InChI is InChI=1S/C14H21ClN4O/c1-3-16-13-7-11(6-12(15)18-13)14(20)17-8-10-4-5-19(2)9-10/h6-7,10H,3-5,8-9H2,1-2H3,(H,16,18)(H,17,20). The van der Waals surface area contributed by atoms with Crippen LogP contribution in [0.1, 0.15) is 23.7 Å². The third-order valence-corrected chi connectivity index (χ3v) is 3.65. The van der Waals surface area contributed by atoms with Crippen LogP contribution >= 0.6 is 11.6 Å². The van der Waals surface area contributed by atoms with Crippen molar-refractivity contribution in [2.24, 2.45) is 5.92 Å². The summed E-state index contributed by atoms with van der Waals surface area (Å²) in [5, 5.41) is 6.37. The molecule has 1 aromatic heterocycles. The van der Waals surface area contributed by atoms with Crippen LogP contribution in [0.3, 0.4) is 0 Å². The van der Waals surface area contributed by atoms with Gasteiger partial charge in [0, 0.05) is 25.2 Å². The number of rotatable bonds is 5. The number of amides is 1. The zero-order chi connectivity index (χ0) is 14.5. The summed E-state index contributed by atoms with van der Waals surface area (Å²) in [7, 11) is 2.10. The highest BCUT2D eigenvalue weighted by Crippen LogP contribution is 2.16. The molecule has 6 heteroatoms. The number of carbonyl (C=O) groups is 1. The SMILES string of the molecule is CCNc1cc(C(=O)NCC2CCN(C)C2)cc(Cl)n1. The molecule has 1 aliphatic rings. The molecule has 0 spiro atoms. The lowest BCUT2D eigenvalue weighted by atomic mass is 10.1. The molecule has 1 aromatic rings. The van der Waals surface area contributed by atoms with Crippen LogP contribution in [0, 0.1) is 5.92 Å². The smallest absolute Gasteiger partial charge is 0.251 e. The van der Waals surface area contributed by atoms with E-state index in [1.54, 1.807) is 12.1 Å². The second kappa shape index (κ2) is 6.90. The molecule has 1 fully saturated rings.